The number of aromatic amines is 3. The Hall–Kier alpha value is -4.79. The molecular formula is C21H22N8O7. The molecule has 0 radical (unpaired) electrons. The van der Waals surface area contributed by atoms with E-state index in [4.69, 9.17) is 4.74 Å². The number of aromatic nitrogens is 6. The second-order valence-corrected chi connectivity index (χ2v) is 7.78. The fourth-order valence-corrected chi connectivity index (χ4v) is 3.44. The number of rotatable bonds is 8. The monoisotopic (exact) mass is 498 g/mol. The highest BCUT2D eigenvalue weighted by atomic mass is 16.5. The lowest BCUT2D eigenvalue weighted by molar-refractivity contribution is 0.0937. The molecule has 0 aliphatic rings. The van der Waals surface area contributed by atoms with Crippen molar-refractivity contribution in [2.45, 2.75) is 26.0 Å². The van der Waals surface area contributed by atoms with E-state index in [1.165, 1.54) is 11.6 Å². The van der Waals surface area contributed by atoms with Gasteiger partial charge >= 0.3 is 11.4 Å². The van der Waals surface area contributed by atoms with Gasteiger partial charge < -0.3 is 14.9 Å². The van der Waals surface area contributed by atoms with Gasteiger partial charge in [0.05, 0.1) is 6.54 Å². The summed E-state index contributed by atoms with van der Waals surface area (Å²) >= 11 is 0. The highest BCUT2D eigenvalue weighted by molar-refractivity contribution is 5.73. The van der Waals surface area contributed by atoms with Crippen molar-refractivity contribution in [3.63, 3.8) is 0 Å². The van der Waals surface area contributed by atoms with Gasteiger partial charge in [-0.15, -0.1) is 10.2 Å². The van der Waals surface area contributed by atoms with Crippen LogP contribution in [0.15, 0.2) is 53.7 Å². The molecule has 0 aliphatic carbocycles. The molecule has 188 valence electrons. The Bertz CT molecular complexity index is 1690. The number of hydrogen-bond acceptors (Lipinski definition) is 10. The van der Waals surface area contributed by atoms with Gasteiger partial charge in [-0.25, -0.2) is 9.59 Å². The summed E-state index contributed by atoms with van der Waals surface area (Å²) in [6, 6.07) is 7.36. The molecule has 15 nitrogen and oxygen atoms in total. The number of nitrogens with zero attached hydrogens (tertiary/aromatic N) is 5. The van der Waals surface area contributed by atoms with E-state index in [1.807, 2.05) is 35.1 Å². The molecule has 5 N–H and O–H groups in total. The first kappa shape index (κ1) is 24.3. The molecule has 1 aromatic carbocycles. The molecule has 4 rings (SSSR count). The Balaban J connectivity index is 1.71. The number of ether oxygens (including phenoxy) is 1. The normalized spacial score (nSPS) is 12.4. The summed E-state index contributed by atoms with van der Waals surface area (Å²) in [4.78, 5) is 58.0. The number of nitrogens with one attached hydrogen (secondary N) is 3. The van der Waals surface area contributed by atoms with E-state index in [0.29, 0.717) is 5.75 Å². The first-order chi connectivity index (χ1) is 17.2. The van der Waals surface area contributed by atoms with Crippen molar-refractivity contribution < 1.29 is 14.9 Å². The van der Waals surface area contributed by atoms with E-state index in [-0.39, 0.29) is 30.3 Å². The van der Waals surface area contributed by atoms with E-state index in [2.05, 4.69) is 20.2 Å². The van der Waals surface area contributed by atoms with Gasteiger partial charge in [0.1, 0.15) is 18.5 Å². The van der Waals surface area contributed by atoms with Gasteiger partial charge in [-0.2, -0.15) is 4.98 Å². The average Bonchev–Trinajstić information content (AvgIpc) is 3.19. The molecule has 36 heavy (non-hydrogen) atoms. The van der Waals surface area contributed by atoms with Crippen LogP contribution < -0.4 is 27.2 Å². The van der Waals surface area contributed by atoms with Crippen LogP contribution in [0.25, 0.3) is 11.2 Å². The third-order valence-electron chi connectivity index (χ3n) is 5.27. The lowest BCUT2D eigenvalue weighted by Gasteiger charge is -2.14. The predicted octanol–water partition coefficient (Wildman–Crippen LogP) is -0.0768. The molecule has 0 bridgehead atoms. The minimum atomic E-state index is -1.15. The number of aryl methyl sites for hydroxylation is 2. The van der Waals surface area contributed by atoms with Crippen LogP contribution in [0.3, 0.4) is 0 Å². The van der Waals surface area contributed by atoms with Crippen molar-refractivity contribution >= 4 is 22.8 Å². The van der Waals surface area contributed by atoms with E-state index in [0.717, 1.165) is 16.6 Å². The Morgan fingerprint density at radius 2 is 1.89 bits per heavy atom. The van der Waals surface area contributed by atoms with Crippen LogP contribution in [0, 0.1) is 0 Å². The van der Waals surface area contributed by atoms with E-state index < -0.39 is 40.2 Å². The predicted molar refractivity (Wildman–Crippen MR) is 126 cm³/mol. The number of fused-ring (bicyclic) bond motifs is 1. The Morgan fingerprint density at radius 1 is 1.11 bits per heavy atom. The van der Waals surface area contributed by atoms with Crippen LogP contribution in [0.5, 0.6) is 11.6 Å². The van der Waals surface area contributed by atoms with Crippen LogP contribution in [0.2, 0.25) is 0 Å². The molecule has 0 spiro atoms. The maximum atomic E-state index is 12.6. The molecule has 0 saturated carbocycles. The number of imidazole rings is 1. The maximum Gasteiger partial charge on any atom is 0.329 e. The smallest absolute Gasteiger partial charge is 0.329 e. The molecule has 0 saturated heterocycles. The number of H-pyrrole nitrogens is 3. The van der Waals surface area contributed by atoms with Gasteiger partial charge in [0.25, 0.3) is 17.1 Å². The molecule has 4 aromatic rings. The van der Waals surface area contributed by atoms with Gasteiger partial charge in [0.2, 0.25) is 11.6 Å². The third kappa shape index (κ3) is 4.85. The number of hydrogen-bond donors (Lipinski definition) is 5. The summed E-state index contributed by atoms with van der Waals surface area (Å²) in [6.07, 6.45) is -0.340. The summed E-state index contributed by atoms with van der Waals surface area (Å²) in [5, 5.41) is 27.9. The largest absolute Gasteiger partial charge is 0.493 e. The second-order valence-electron chi connectivity index (χ2n) is 7.78. The maximum absolute atomic E-state index is 12.6. The summed E-state index contributed by atoms with van der Waals surface area (Å²) in [5.41, 5.74) is -3.17. The molecule has 0 amide bonds. The van der Waals surface area contributed by atoms with Gasteiger partial charge in [-0.3, -0.25) is 33.7 Å². The molecule has 0 fully saturated rings. The van der Waals surface area contributed by atoms with Gasteiger partial charge in [-0.05, 0) is 24.1 Å². The van der Waals surface area contributed by atoms with E-state index >= 15 is 0 Å². The topological polar surface area (TPSA) is 213 Å². The van der Waals surface area contributed by atoms with Crippen molar-refractivity contribution in [2.24, 2.45) is 17.3 Å². The van der Waals surface area contributed by atoms with Gasteiger partial charge in [-0.1, -0.05) is 19.1 Å². The van der Waals surface area contributed by atoms with Crippen molar-refractivity contribution in [3.8, 4) is 11.6 Å². The standard InChI is InChI=1S/C21H22N8O7/c1-3-10-5-4-6-12(7-10)36-9-11(30)8-29-14-15(28(2)21(35)25-18(14)33)22-19(29)27-26-13-16(31)23-20(34)24-17(13)32/h4-7,11,30H,3,8-9H2,1-2H3,(H,25,33,35)(H3,23,24,31,32,34)/t11-/m0/s1. The molecule has 0 unspecified atom stereocenters. The zero-order chi connectivity index (χ0) is 26.0. The lowest BCUT2D eigenvalue weighted by Crippen LogP contribution is -2.30. The second kappa shape index (κ2) is 9.83. The Morgan fingerprint density at radius 3 is 2.61 bits per heavy atom. The van der Waals surface area contributed by atoms with Crippen LogP contribution >= 0.6 is 0 Å². The molecule has 1 atom stereocenters. The number of benzene rings is 1. The molecular weight excluding hydrogens is 476 g/mol. The highest BCUT2D eigenvalue weighted by Crippen LogP contribution is 2.23. The zero-order valence-corrected chi connectivity index (χ0v) is 19.2. The first-order valence-corrected chi connectivity index (χ1v) is 10.7. The van der Waals surface area contributed by atoms with E-state index in [9.17, 15) is 29.4 Å². The van der Waals surface area contributed by atoms with E-state index in [1.54, 1.807) is 6.07 Å². The number of azo groups is 1. The number of aliphatic hydroxyl groups excluding tert-OH is 1. The minimum absolute atomic E-state index is 0.0546. The lowest BCUT2D eigenvalue weighted by atomic mass is 10.2. The Labute approximate surface area is 200 Å². The molecule has 15 heteroatoms. The fraction of sp³-hybridized carbons (Fsp3) is 0.286. The third-order valence-corrected chi connectivity index (χ3v) is 5.27. The van der Waals surface area contributed by atoms with Crippen molar-refractivity contribution in [3.05, 3.63) is 71.5 Å². The summed E-state index contributed by atoms with van der Waals surface area (Å²) in [5.74, 6) is -0.534. The van der Waals surface area contributed by atoms with Crippen molar-refractivity contribution in [2.75, 3.05) is 6.61 Å². The van der Waals surface area contributed by atoms with Crippen molar-refractivity contribution in [1.82, 2.24) is 29.1 Å². The van der Waals surface area contributed by atoms with Gasteiger partial charge in [0, 0.05) is 7.05 Å². The first-order valence-electron chi connectivity index (χ1n) is 10.7. The average molecular weight is 498 g/mol. The summed E-state index contributed by atoms with van der Waals surface area (Å²) in [6.45, 7) is 1.61. The van der Waals surface area contributed by atoms with Crippen molar-refractivity contribution in [1.29, 1.82) is 0 Å². The SMILES string of the molecule is CCc1cccc(OC[C@@H](O)Cn2c(N=Nc3c(O)[nH]c(=O)[nH]c3=O)nc3c2c(=O)[nH]c(=O)n3C)c1. The number of aliphatic hydroxyl groups is 1. The summed E-state index contributed by atoms with van der Waals surface area (Å²) in [7, 11) is 1.37. The van der Waals surface area contributed by atoms with Crippen LogP contribution in [0.4, 0.5) is 11.6 Å². The van der Waals surface area contributed by atoms with Crippen LogP contribution in [-0.4, -0.2) is 52.0 Å². The fourth-order valence-electron chi connectivity index (χ4n) is 3.44. The van der Waals surface area contributed by atoms with Gasteiger partial charge in [0.15, 0.2) is 11.2 Å². The highest BCUT2D eigenvalue weighted by Gasteiger charge is 2.20. The molecule has 3 heterocycles. The summed E-state index contributed by atoms with van der Waals surface area (Å²) < 4.78 is 7.93. The Kier molecular flexibility index (Phi) is 6.64. The quantitative estimate of drug-likeness (QED) is 0.207. The number of aromatic hydroxyl groups is 1. The minimum Gasteiger partial charge on any atom is -0.493 e. The molecule has 0 aliphatic heterocycles. The zero-order valence-electron chi connectivity index (χ0n) is 19.2. The van der Waals surface area contributed by atoms with Crippen LogP contribution in [-0.2, 0) is 20.0 Å². The van der Waals surface area contributed by atoms with Crippen LogP contribution in [0.1, 0.15) is 12.5 Å². The molecule has 3 aromatic heterocycles.